The summed E-state index contributed by atoms with van der Waals surface area (Å²) < 4.78 is 1.53. The molecule has 1 fully saturated rings. The summed E-state index contributed by atoms with van der Waals surface area (Å²) in [4.78, 5) is 9.40. The van der Waals surface area contributed by atoms with E-state index in [0.29, 0.717) is 16.8 Å². The SMILES string of the molecule is N#Cc1c(-c2ccc(N3CCN(Cc4ccccc4)CC3)nc2)nn2cc(O)ccc12. The van der Waals surface area contributed by atoms with Crippen LogP contribution in [0, 0.1) is 11.3 Å². The van der Waals surface area contributed by atoms with Crippen LogP contribution in [0.1, 0.15) is 11.1 Å². The zero-order valence-corrected chi connectivity index (χ0v) is 17.0. The third-order valence-corrected chi connectivity index (χ3v) is 5.69. The van der Waals surface area contributed by atoms with Crippen LogP contribution in [-0.4, -0.2) is 50.8 Å². The van der Waals surface area contributed by atoms with E-state index in [1.807, 2.05) is 18.2 Å². The molecule has 0 atom stereocenters. The molecule has 0 aliphatic carbocycles. The highest BCUT2D eigenvalue weighted by Crippen LogP contribution is 2.27. The molecule has 0 spiro atoms. The monoisotopic (exact) mass is 410 g/mol. The number of hydrogen-bond donors (Lipinski definition) is 1. The first kappa shape index (κ1) is 19.1. The predicted molar refractivity (Wildman–Crippen MR) is 119 cm³/mol. The molecule has 7 nitrogen and oxygen atoms in total. The van der Waals surface area contributed by atoms with Crippen molar-refractivity contribution < 1.29 is 5.11 Å². The van der Waals surface area contributed by atoms with Crippen molar-refractivity contribution in [3.05, 3.63) is 78.1 Å². The van der Waals surface area contributed by atoms with Crippen LogP contribution < -0.4 is 4.90 Å². The molecule has 4 aromatic rings. The van der Waals surface area contributed by atoms with Gasteiger partial charge in [0.25, 0.3) is 0 Å². The Labute approximate surface area is 180 Å². The highest BCUT2D eigenvalue weighted by molar-refractivity contribution is 5.77. The number of benzene rings is 1. The third kappa shape index (κ3) is 3.81. The maximum Gasteiger partial charge on any atom is 0.133 e. The molecule has 4 heterocycles. The molecule has 0 bridgehead atoms. The number of anilines is 1. The molecule has 1 aliphatic rings. The number of fused-ring (bicyclic) bond motifs is 1. The molecule has 7 heteroatoms. The Hall–Kier alpha value is -3.89. The van der Waals surface area contributed by atoms with Gasteiger partial charge in [-0.1, -0.05) is 30.3 Å². The number of piperazine rings is 1. The maximum absolute atomic E-state index is 9.69. The first-order chi connectivity index (χ1) is 15.2. The van der Waals surface area contributed by atoms with Gasteiger partial charge in [-0.15, -0.1) is 0 Å². The van der Waals surface area contributed by atoms with Gasteiger partial charge in [-0.2, -0.15) is 10.4 Å². The lowest BCUT2D eigenvalue weighted by atomic mass is 10.1. The minimum atomic E-state index is 0.103. The zero-order valence-electron chi connectivity index (χ0n) is 17.0. The molecule has 3 aromatic heterocycles. The summed E-state index contributed by atoms with van der Waals surface area (Å²) in [5.41, 5.74) is 3.83. The minimum Gasteiger partial charge on any atom is -0.506 e. The molecule has 1 N–H and O–H groups in total. The number of nitrogens with zero attached hydrogens (tertiary/aromatic N) is 6. The maximum atomic E-state index is 9.69. The number of rotatable bonds is 4. The molecular weight excluding hydrogens is 388 g/mol. The second-order valence-electron chi connectivity index (χ2n) is 7.71. The van der Waals surface area contributed by atoms with Crippen LogP contribution in [0.4, 0.5) is 5.82 Å². The Morgan fingerprint density at radius 3 is 2.48 bits per heavy atom. The Morgan fingerprint density at radius 1 is 0.968 bits per heavy atom. The molecule has 154 valence electrons. The standard InChI is InChI=1S/C24H22N6O/c25-14-21-22-8-7-20(31)17-30(22)27-24(21)19-6-9-23(26-15-19)29-12-10-28(11-13-29)16-18-4-2-1-3-5-18/h1-9,15,17,31H,10-13,16H2. The molecule has 1 aromatic carbocycles. The van der Waals surface area contributed by atoms with Crippen molar-refractivity contribution in [2.45, 2.75) is 6.54 Å². The van der Waals surface area contributed by atoms with Crippen molar-refractivity contribution >= 4 is 11.3 Å². The van der Waals surface area contributed by atoms with E-state index in [1.54, 1.807) is 18.3 Å². The lowest BCUT2D eigenvalue weighted by Crippen LogP contribution is -2.46. The van der Waals surface area contributed by atoms with Crippen molar-refractivity contribution in [3.8, 4) is 23.1 Å². The van der Waals surface area contributed by atoms with Crippen LogP contribution in [0.25, 0.3) is 16.8 Å². The summed E-state index contributed by atoms with van der Waals surface area (Å²) >= 11 is 0. The highest BCUT2D eigenvalue weighted by atomic mass is 16.3. The van der Waals surface area contributed by atoms with Gasteiger partial charge in [0.1, 0.15) is 28.9 Å². The molecule has 31 heavy (non-hydrogen) atoms. The van der Waals surface area contributed by atoms with Crippen molar-refractivity contribution in [1.82, 2.24) is 19.5 Å². The average Bonchev–Trinajstić information content (AvgIpc) is 3.18. The second-order valence-corrected chi connectivity index (χ2v) is 7.71. The number of nitriles is 1. The minimum absolute atomic E-state index is 0.103. The van der Waals surface area contributed by atoms with Gasteiger partial charge in [-0.05, 0) is 29.8 Å². The van der Waals surface area contributed by atoms with Gasteiger partial charge >= 0.3 is 0 Å². The van der Waals surface area contributed by atoms with Crippen LogP contribution >= 0.6 is 0 Å². The first-order valence-electron chi connectivity index (χ1n) is 10.3. The van der Waals surface area contributed by atoms with Crippen LogP contribution in [0.3, 0.4) is 0 Å². The Kier molecular flexibility index (Phi) is 4.98. The van der Waals surface area contributed by atoms with Crippen LogP contribution in [0.2, 0.25) is 0 Å². The Bertz CT molecular complexity index is 1240. The number of aromatic nitrogens is 3. The number of pyridine rings is 2. The van der Waals surface area contributed by atoms with Crippen molar-refractivity contribution in [2.75, 3.05) is 31.1 Å². The Morgan fingerprint density at radius 2 is 1.77 bits per heavy atom. The van der Waals surface area contributed by atoms with Crippen LogP contribution in [0.15, 0.2) is 67.0 Å². The van der Waals surface area contributed by atoms with Crippen molar-refractivity contribution in [2.24, 2.45) is 0 Å². The van der Waals surface area contributed by atoms with Gasteiger partial charge in [0, 0.05) is 44.5 Å². The fourth-order valence-corrected chi connectivity index (χ4v) is 4.04. The van der Waals surface area contributed by atoms with E-state index in [4.69, 9.17) is 0 Å². The van der Waals surface area contributed by atoms with Crippen molar-refractivity contribution in [3.63, 3.8) is 0 Å². The molecule has 1 aliphatic heterocycles. The molecule has 0 amide bonds. The van der Waals surface area contributed by atoms with Gasteiger partial charge in [-0.25, -0.2) is 9.50 Å². The molecule has 0 radical (unpaired) electrons. The van der Waals surface area contributed by atoms with Gasteiger partial charge in [0.2, 0.25) is 0 Å². The van der Waals surface area contributed by atoms with Crippen LogP contribution in [0.5, 0.6) is 5.75 Å². The second kappa shape index (κ2) is 8.09. The Balaban J connectivity index is 1.30. The quantitative estimate of drug-likeness (QED) is 0.556. The normalized spacial score (nSPS) is 14.6. The first-order valence-corrected chi connectivity index (χ1v) is 10.3. The molecule has 0 saturated carbocycles. The summed E-state index contributed by atoms with van der Waals surface area (Å²) in [6, 6.07) is 20.0. The fraction of sp³-hybridized carbons (Fsp3) is 0.208. The van der Waals surface area contributed by atoms with Crippen LogP contribution in [-0.2, 0) is 6.54 Å². The van der Waals surface area contributed by atoms with Gasteiger partial charge in [0.15, 0.2) is 0 Å². The predicted octanol–water partition coefficient (Wildman–Crippen LogP) is 3.30. The molecule has 5 rings (SSSR count). The summed E-state index contributed by atoms with van der Waals surface area (Å²) in [5, 5.41) is 23.8. The fourth-order valence-electron chi connectivity index (χ4n) is 4.04. The summed E-state index contributed by atoms with van der Waals surface area (Å²) in [6.07, 6.45) is 3.27. The van der Waals surface area contributed by atoms with E-state index >= 15 is 0 Å². The third-order valence-electron chi connectivity index (χ3n) is 5.69. The van der Waals surface area contributed by atoms with Gasteiger partial charge < -0.3 is 10.0 Å². The molecular formula is C24H22N6O. The van der Waals surface area contributed by atoms with E-state index in [0.717, 1.165) is 44.1 Å². The summed E-state index contributed by atoms with van der Waals surface area (Å²) in [5.74, 6) is 1.04. The van der Waals surface area contributed by atoms with E-state index in [1.165, 1.54) is 16.3 Å². The van der Waals surface area contributed by atoms with Gasteiger partial charge in [0.05, 0.1) is 11.7 Å². The molecule has 0 unspecified atom stereocenters. The van der Waals surface area contributed by atoms with E-state index in [9.17, 15) is 10.4 Å². The summed E-state index contributed by atoms with van der Waals surface area (Å²) in [7, 11) is 0. The summed E-state index contributed by atoms with van der Waals surface area (Å²) in [6.45, 7) is 4.81. The number of aromatic hydroxyl groups is 1. The van der Waals surface area contributed by atoms with E-state index in [-0.39, 0.29) is 5.75 Å². The smallest absolute Gasteiger partial charge is 0.133 e. The topological polar surface area (TPSA) is 80.7 Å². The zero-order chi connectivity index (χ0) is 21.2. The van der Waals surface area contributed by atoms with E-state index < -0.39 is 0 Å². The average molecular weight is 410 g/mol. The number of hydrogen-bond acceptors (Lipinski definition) is 6. The largest absolute Gasteiger partial charge is 0.506 e. The lowest BCUT2D eigenvalue weighted by molar-refractivity contribution is 0.249. The molecule has 1 saturated heterocycles. The lowest BCUT2D eigenvalue weighted by Gasteiger charge is -2.35. The highest BCUT2D eigenvalue weighted by Gasteiger charge is 2.19. The van der Waals surface area contributed by atoms with Crippen molar-refractivity contribution in [1.29, 1.82) is 5.26 Å². The van der Waals surface area contributed by atoms with Gasteiger partial charge in [-0.3, -0.25) is 4.90 Å². The van der Waals surface area contributed by atoms with E-state index in [2.05, 4.69) is 50.2 Å².